The summed E-state index contributed by atoms with van der Waals surface area (Å²) in [6.07, 6.45) is -1.34. The number of aromatic nitrogens is 1. The Balaban J connectivity index is 2.07. The second-order valence-corrected chi connectivity index (χ2v) is 6.20. The first-order valence-electron chi connectivity index (χ1n) is 6.68. The van der Waals surface area contributed by atoms with Crippen molar-refractivity contribution in [2.75, 3.05) is 6.54 Å². The Hall–Kier alpha value is -1.14. The van der Waals surface area contributed by atoms with Gasteiger partial charge in [-0.25, -0.2) is 4.98 Å². The summed E-state index contributed by atoms with van der Waals surface area (Å²) in [6.45, 7) is 3.03. The van der Waals surface area contributed by atoms with Gasteiger partial charge in [-0.05, 0) is 44.0 Å². The Labute approximate surface area is 119 Å². The maximum atomic E-state index is 12.7. The van der Waals surface area contributed by atoms with Crippen LogP contribution in [0, 0.1) is 0 Å². The van der Waals surface area contributed by atoms with E-state index in [0.29, 0.717) is 5.52 Å². The molecule has 0 radical (unpaired) electrons. The van der Waals surface area contributed by atoms with Crippen molar-refractivity contribution >= 4 is 21.6 Å². The summed E-state index contributed by atoms with van der Waals surface area (Å²) in [6, 6.07) is 3.80. The summed E-state index contributed by atoms with van der Waals surface area (Å²) in [4.78, 5) is 4.47. The molecule has 0 bridgehead atoms. The van der Waals surface area contributed by atoms with Crippen molar-refractivity contribution in [2.24, 2.45) is 0 Å². The van der Waals surface area contributed by atoms with Crippen LogP contribution in [0.15, 0.2) is 18.2 Å². The Bertz CT molecular complexity index is 627. The zero-order valence-corrected chi connectivity index (χ0v) is 11.9. The highest BCUT2D eigenvalue weighted by atomic mass is 32.1. The van der Waals surface area contributed by atoms with Gasteiger partial charge in [-0.1, -0.05) is 6.92 Å². The van der Waals surface area contributed by atoms with E-state index in [4.69, 9.17) is 0 Å². The minimum atomic E-state index is -4.31. The number of benzene rings is 1. The standard InChI is InChI=1S/C14H15F3N2S/c1-2-13(6-3-7-18-13)12-19-10-8-9(14(15,16)17)4-5-11(10)20-12/h4-5,8,18H,2-3,6-7H2,1H3. The van der Waals surface area contributed by atoms with E-state index in [0.717, 1.165) is 47.6 Å². The third kappa shape index (κ3) is 2.20. The van der Waals surface area contributed by atoms with Gasteiger partial charge in [0.25, 0.3) is 0 Å². The monoisotopic (exact) mass is 300 g/mol. The molecule has 2 nitrogen and oxygen atoms in total. The molecular formula is C14H15F3N2S. The molecule has 108 valence electrons. The van der Waals surface area contributed by atoms with Gasteiger partial charge in [-0.3, -0.25) is 0 Å². The van der Waals surface area contributed by atoms with Crippen molar-refractivity contribution in [3.8, 4) is 0 Å². The molecule has 0 saturated carbocycles. The normalized spacial score (nSPS) is 23.6. The SMILES string of the molecule is CCC1(c2nc3cc(C(F)(F)F)ccc3s2)CCCN1. The minimum Gasteiger partial charge on any atom is -0.305 e. The fourth-order valence-corrected chi connectivity index (χ4v) is 3.96. The van der Waals surface area contributed by atoms with Gasteiger partial charge in [0.05, 0.1) is 21.3 Å². The minimum absolute atomic E-state index is 0.151. The van der Waals surface area contributed by atoms with Crippen LogP contribution in [0.1, 0.15) is 36.8 Å². The summed E-state index contributed by atoms with van der Waals surface area (Å²) in [5.74, 6) is 0. The summed E-state index contributed by atoms with van der Waals surface area (Å²) in [5, 5.41) is 4.38. The Morgan fingerprint density at radius 1 is 1.40 bits per heavy atom. The number of hydrogen-bond acceptors (Lipinski definition) is 3. The lowest BCUT2D eigenvalue weighted by atomic mass is 9.95. The van der Waals surface area contributed by atoms with Crippen LogP contribution in [-0.2, 0) is 11.7 Å². The van der Waals surface area contributed by atoms with Crippen LogP contribution in [0.25, 0.3) is 10.2 Å². The number of fused-ring (bicyclic) bond motifs is 1. The van der Waals surface area contributed by atoms with Gasteiger partial charge >= 0.3 is 6.18 Å². The van der Waals surface area contributed by atoms with Crippen LogP contribution in [0.5, 0.6) is 0 Å². The number of halogens is 3. The van der Waals surface area contributed by atoms with Gasteiger partial charge in [-0.15, -0.1) is 11.3 Å². The van der Waals surface area contributed by atoms with Crippen molar-refractivity contribution in [2.45, 2.75) is 37.9 Å². The van der Waals surface area contributed by atoms with Gasteiger partial charge in [0.1, 0.15) is 5.01 Å². The predicted molar refractivity (Wildman–Crippen MR) is 73.8 cm³/mol. The maximum absolute atomic E-state index is 12.7. The third-order valence-corrected chi connectivity index (χ3v) is 5.21. The average Bonchev–Trinajstić information content (AvgIpc) is 3.04. The smallest absolute Gasteiger partial charge is 0.305 e. The molecule has 0 aliphatic carbocycles. The first-order chi connectivity index (χ1) is 9.44. The summed E-state index contributed by atoms with van der Waals surface area (Å²) in [5.41, 5.74) is -0.338. The highest BCUT2D eigenvalue weighted by Gasteiger charge is 2.37. The fourth-order valence-electron chi connectivity index (χ4n) is 2.75. The highest BCUT2D eigenvalue weighted by molar-refractivity contribution is 7.18. The third-order valence-electron chi connectivity index (χ3n) is 3.97. The van der Waals surface area contributed by atoms with Crippen molar-refractivity contribution in [1.29, 1.82) is 0 Å². The molecule has 1 aliphatic rings. The molecule has 2 aromatic rings. The molecule has 1 atom stereocenters. The Morgan fingerprint density at radius 3 is 2.80 bits per heavy atom. The van der Waals surface area contributed by atoms with Gasteiger partial charge in [-0.2, -0.15) is 13.2 Å². The van der Waals surface area contributed by atoms with Gasteiger partial charge in [0, 0.05) is 0 Å². The lowest BCUT2D eigenvalue weighted by Gasteiger charge is -2.25. The van der Waals surface area contributed by atoms with Crippen molar-refractivity contribution < 1.29 is 13.2 Å². The molecule has 1 N–H and O–H groups in total. The van der Waals surface area contributed by atoms with Gasteiger partial charge < -0.3 is 5.32 Å². The molecule has 2 heterocycles. The van der Waals surface area contributed by atoms with E-state index in [1.807, 2.05) is 0 Å². The van der Waals surface area contributed by atoms with Crippen LogP contribution in [0.2, 0.25) is 0 Å². The summed E-state index contributed by atoms with van der Waals surface area (Å²) >= 11 is 1.50. The topological polar surface area (TPSA) is 24.9 Å². The van der Waals surface area contributed by atoms with Crippen molar-refractivity contribution in [3.05, 3.63) is 28.8 Å². The molecule has 1 saturated heterocycles. The predicted octanol–water partition coefficient (Wildman–Crippen LogP) is 4.30. The molecule has 6 heteroatoms. The van der Waals surface area contributed by atoms with Gasteiger partial charge in [0.15, 0.2) is 0 Å². The fraction of sp³-hybridized carbons (Fsp3) is 0.500. The van der Waals surface area contributed by atoms with E-state index < -0.39 is 11.7 Å². The molecule has 20 heavy (non-hydrogen) atoms. The first-order valence-corrected chi connectivity index (χ1v) is 7.49. The molecule has 0 amide bonds. The molecule has 1 aromatic carbocycles. The maximum Gasteiger partial charge on any atom is 0.416 e. The van der Waals surface area contributed by atoms with Crippen molar-refractivity contribution in [1.82, 2.24) is 10.3 Å². The lowest BCUT2D eigenvalue weighted by molar-refractivity contribution is -0.137. The molecular weight excluding hydrogens is 285 g/mol. The van der Waals surface area contributed by atoms with Crippen LogP contribution >= 0.6 is 11.3 Å². The van der Waals surface area contributed by atoms with E-state index in [2.05, 4.69) is 17.2 Å². The van der Waals surface area contributed by atoms with Crippen LogP contribution < -0.4 is 5.32 Å². The number of alkyl halides is 3. The summed E-state index contributed by atoms with van der Waals surface area (Å²) in [7, 11) is 0. The zero-order chi connectivity index (χ0) is 14.4. The van der Waals surface area contributed by atoms with Crippen LogP contribution in [0.4, 0.5) is 13.2 Å². The van der Waals surface area contributed by atoms with Crippen LogP contribution in [0.3, 0.4) is 0 Å². The molecule has 1 fully saturated rings. The number of nitrogens with zero attached hydrogens (tertiary/aromatic N) is 1. The van der Waals surface area contributed by atoms with E-state index in [9.17, 15) is 13.2 Å². The second kappa shape index (κ2) is 4.70. The first kappa shape index (κ1) is 13.8. The van der Waals surface area contributed by atoms with Crippen molar-refractivity contribution in [3.63, 3.8) is 0 Å². The number of thiazole rings is 1. The quantitative estimate of drug-likeness (QED) is 0.894. The number of nitrogens with one attached hydrogen (secondary N) is 1. The van der Waals surface area contributed by atoms with E-state index in [1.54, 1.807) is 0 Å². The largest absolute Gasteiger partial charge is 0.416 e. The molecule has 1 aromatic heterocycles. The second-order valence-electron chi connectivity index (χ2n) is 5.17. The summed E-state index contributed by atoms with van der Waals surface area (Å²) < 4.78 is 39.0. The van der Waals surface area contributed by atoms with E-state index in [-0.39, 0.29) is 5.54 Å². The average molecular weight is 300 g/mol. The molecule has 1 aliphatic heterocycles. The highest BCUT2D eigenvalue weighted by Crippen LogP contribution is 2.39. The molecule has 1 unspecified atom stereocenters. The number of rotatable bonds is 2. The lowest BCUT2D eigenvalue weighted by Crippen LogP contribution is -2.35. The number of hydrogen-bond donors (Lipinski definition) is 1. The zero-order valence-electron chi connectivity index (χ0n) is 11.0. The van der Waals surface area contributed by atoms with Gasteiger partial charge in [0.2, 0.25) is 0 Å². The molecule has 0 spiro atoms. The van der Waals surface area contributed by atoms with Crippen LogP contribution in [-0.4, -0.2) is 11.5 Å². The Morgan fingerprint density at radius 2 is 2.20 bits per heavy atom. The Kier molecular flexibility index (Phi) is 3.25. The van der Waals surface area contributed by atoms with E-state index >= 15 is 0 Å². The molecule has 3 rings (SSSR count). The van der Waals surface area contributed by atoms with E-state index in [1.165, 1.54) is 17.4 Å².